The molecule has 1 atom stereocenters. The third kappa shape index (κ3) is 2.96. The Labute approximate surface area is 93.1 Å². The van der Waals surface area contributed by atoms with Crippen LogP contribution in [0.2, 0.25) is 0 Å². The van der Waals surface area contributed by atoms with Gasteiger partial charge in [0.25, 0.3) is 0 Å². The number of nitrogens with two attached hydrogens (primary N) is 1. The first-order chi connectivity index (χ1) is 6.91. The van der Waals surface area contributed by atoms with E-state index < -0.39 is 0 Å². The Morgan fingerprint density at radius 1 is 1.27 bits per heavy atom. The fourth-order valence-electron chi connectivity index (χ4n) is 1.87. The molecule has 0 aromatic heterocycles. The van der Waals surface area contributed by atoms with Crippen molar-refractivity contribution in [2.45, 2.75) is 33.2 Å². The molecule has 1 rings (SSSR count). The van der Waals surface area contributed by atoms with Gasteiger partial charge in [0.1, 0.15) is 0 Å². The second-order valence-electron chi connectivity index (χ2n) is 4.63. The highest BCUT2D eigenvalue weighted by Crippen LogP contribution is 2.23. The number of hydrogen-bond acceptors (Lipinski definition) is 2. The Morgan fingerprint density at radius 3 is 2.33 bits per heavy atom. The first-order valence-corrected chi connectivity index (χ1v) is 5.45. The predicted octanol–water partition coefficient (Wildman–Crippen LogP) is 2.26. The van der Waals surface area contributed by atoms with Crippen LogP contribution in [0.4, 0.5) is 5.69 Å². The summed E-state index contributed by atoms with van der Waals surface area (Å²) in [5.74, 6) is 0. The van der Waals surface area contributed by atoms with E-state index in [1.54, 1.807) is 0 Å². The molecule has 0 bridgehead atoms. The number of aryl methyl sites for hydroxylation is 1. The molecule has 0 radical (unpaired) electrons. The van der Waals surface area contributed by atoms with Crippen molar-refractivity contribution in [3.05, 3.63) is 28.8 Å². The van der Waals surface area contributed by atoms with Crippen LogP contribution in [0.25, 0.3) is 0 Å². The molecule has 0 saturated carbocycles. The van der Waals surface area contributed by atoms with Crippen LogP contribution in [0.15, 0.2) is 12.1 Å². The topological polar surface area (TPSA) is 29.3 Å². The molecular weight excluding hydrogens is 184 g/mol. The van der Waals surface area contributed by atoms with Gasteiger partial charge in [-0.1, -0.05) is 6.07 Å². The van der Waals surface area contributed by atoms with Crippen molar-refractivity contribution in [1.82, 2.24) is 0 Å². The zero-order chi connectivity index (χ0) is 11.6. The molecule has 0 saturated heterocycles. The number of hydrogen-bond donors (Lipinski definition) is 1. The monoisotopic (exact) mass is 206 g/mol. The molecular formula is C13H22N2. The fraction of sp³-hybridized carbons (Fsp3) is 0.538. The Balaban J connectivity index is 3.11. The highest BCUT2D eigenvalue weighted by molar-refractivity contribution is 5.57. The molecule has 1 unspecified atom stereocenters. The SMILES string of the molecule is Cc1cc(CC(C)N)cc(N(C)C)c1C. The summed E-state index contributed by atoms with van der Waals surface area (Å²) in [5, 5.41) is 0. The van der Waals surface area contributed by atoms with Crippen LogP contribution < -0.4 is 10.6 Å². The maximum atomic E-state index is 5.83. The van der Waals surface area contributed by atoms with Crippen molar-refractivity contribution in [3.8, 4) is 0 Å². The van der Waals surface area contributed by atoms with E-state index in [9.17, 15) is 0 Å². The summed E-state index contributed by atoms with van der Waals surface area (Å²) >= 11 is 0. The van der Waals surface area contributed by atoms with Crippen molar-refractivity contribution in [2.75, 3.05) is 19.0 Å². The molecule has 2 N–H and O–H groups in total. The molecule has 2 heteroatoms. The molecule has 0 aliphatic carbocycles. The number of anilines is 1. The fourth-order valence-corrected chi connectivity index (χ4v) is 1.87. The lowest BCUT2D eigenvalue weighted by atomic mass is 9.99. The molecule has 0 aliphatic rings. The van der Waals surface area contributed by atoms with Crippen LogP contribution in [-0.2, 0) is 6.42 Å². The lowest BCUT2D eigenvalue weighted by Gasteiger charge is -2.19. The van der Waals surface area contributed by atoms with E-state index in [1.165, 1.54) is 22.4 Å². The zero-order valence-electron chi connectivity index (χ0n) is 10.5. The summed E-state index contributed by atoms with van der Waals surface area (Å²) in [7, 11) is 4.16. The number of benzene rings is 1. The molecule has 0 heterocycles. The Kier molecular flexibility index (Phi) is 3.75. The Hall–Kier alpha value is -1.02. The van der Waals surface area contributed by atoms with Gasteiger partial charge in [0.2, 0.25) is 0 Å². The van der Waals surface area contributed by atoms with Gasteiger partial charge in [-0.15, -0.1) is 0 Å². The first kappa shape index (κ1) is 12.1. The van der Waals surface area contributed by atoms with Gasteiger partial charge in [-0.3, -0.25) is 0 Å². The van der Waals surface area contributed by atoms with Gasteiger partial charge < -0.3 is 10.6 Å². The van der Waals surface area contributed by atoms with Crippen LogP contribution in [0.5, 0.6) is 0 Å². The van der Waals surface area contributed by atoms with Gasteiger partial charge in [-0.25, -0.2) is 0 Å². The Bertz CT molecular complexity index is 341. The highest BCUT2D eigenvalue weighted by atomic mass is 15.1. The van der Waals surface area contributed by atoms with E-state index >= 15 is 0 Å². The van der Waals surface area contributed by atoms with Crippen molar-refractivity contribution in [3.63, 3.8) is 0 Å². The molecule has 1 aromatic rings. The third-order valence-electron chi connectivity index (χ3n) is 2.74. The maximum absolute atomic E-state index is 5.83. The summed E-state index contributed by atoms with van der Waals surface area (Å²) < 4.78 is 0. The molecule has 2 nitrogen and oxygen atoms in total. The lowest BCUT2D eigenvalue weighted by Crippen LogP contribution is -2.18. The molecule has 1 aromatic carbocycles. The van der Waals surface area contributed by atoms with E-state index in [-0.39, 0.29) is 6.04 Å². The molecule has 0 aliphatic heterocycles. The van der Waals surface area contributed by atoms with E-state index in [0.29, 0.717) is 0 Å². The van der Waals surface area contributed by atoms with Crippen molar-refractivity contribution in [1.29, 1.82) is 0 Å². The van der Waals surface area contributed by atoms with Crippen molar-refractivity contribution < 1.29 is 0 Å². The van der Waals surface area contributed by atoms with E-state index in [0.717, 1.165) is 6.42 Å². The molecule has 0 amide bonds. The summed E-state index contributed by atoms with van der Waals surface area (Å²) in [5.41, 5.74) is 11.2. The predicted molar refractivity (Wildman–Crippen MR) is 67.6 cm³/mol. The zero-order valence-corrected chi connectivity index (χ0v) is 10.5. The van der Waals surface area contributed by atoms with Gasteiger partial charge in [-0.05, 0) is 49.9 Å². The molecule has 84 valence electrons. The van der Waals surface area contributed by atoms with Crippen LogP contribution in [0.3, 0.4) is 0 Å². The second-order valence-corrected chi connectivity index (χ2v) is 4.63. The van der Waals surface area contributed by atoms with Crippen LogP contribution in [0, 0.1) is 13.8 Å². The summed E-state index contributed by atoms with van der Waals surface area (Å²) in [4.78, 5) is 2.16. The summed E-state index contributed by atoms with van der Waals surface area (Å²) in [6, 6.07) is 4.71. The minimum absolute atomic E-state index is 0.224. The third-order valence-corrected chi connectivity index (χ3v) is 2.74. The van der Waals surface area contributed by atoms with Gasteiger partial charge in [0, 0.05) is 25.8 Å². The molecule has 15 heavy (non-hydrogen) atoms. The maximum Gasteiger partial charge on any atom is 0.0396 e. The van der Waals surface area contributed by atoms with E-state index in [4.69, 9.17) is 5.73 Å². The minimum atomic E-state index is 0.224. The summed E-state index contributed by atoms with van der Waals surface area (Å²) in [6.07, 6.45) is 0.946. The lowest BCUT2D eigenvalue weighted by molar-refractivity contribution is 0.737. The first-order valence-electron chi connectivity index (χ1n) is 5.45. The van der Waals surface area contributed by atoms with Gasteiger partial charge >= 0.3 is 0 Å². The van der Waals surface area contributed by atoms with E-state index in [1.807, 2.05) is 6.92 Å². The highest BCUT2D eigenvalue weighted by Gasteiger charge is 2.07. The van der Waals surface area contributed by atoms with Crippen molar-refractivity contribution in [2.24, 2.45) is 5.73 Å². The van der Waals surface area contributed by atoms with Crippen LogP contribution in [0.1, 0.15) is 23.6 Å². The van der Waals surface area contributed by atoms with E-state index in [2.05, 4.69) is 45.0 Å². The number of nitrogens with zero attached hydrogens (tertiary/aromatic N) is 1. The standard InChI is InChI=1S/C13H22N2/c1-9-6-12(7-10(2)14)8-13(11(9)3)15(4)5/h6,8,10H,7,14H2,1-5H3. The van der Waals surface area contributed by atoms with Crippen LogP contribution >= 0.6 is 0 Å². The quantitative estimate of drug-likeness (QED) is 0.822. The Morgan fingerprint density at radius 2 is 1.87 bits per heavy atom. The normalized spacial score (nSPS) is 12.7. The molecule has 0 fully saturated rings. The van der Waals surface area contributed by atoms with Crippen LogP contribution in [-0.4, -0.2) is 20.1 Å². The average molecular weight is 206 g/mol. The molecule has 0 spiro atoms. The van der Waals surface area contributed by atoms with Gasteiger partial charge in [0.05, 0.1) is 0 Å². The number of rotatable bonds is 3. The minimum Gasteiger partial charge on any atom is -0.377 e. The average Bonchev–Trinajstić information content (AvgIpc) is 2.09. The van der Waals surface area contributed by atoms with Gasteiger partial charge in [-0.2, -0.15) is 0 Å². The second kappa shape index (κ2) is 4.67. The largest absolute Gasteiger partial charge is 0.377 e. The smallest absolute Gasteiger partial charge is 0.0396 e. The van der Waals surface area contributed by atoms with Crippen molar-refractivity contribution >= 4 is 5.69 Å². The van der Waals surface area contributed by atoms with Gasteiger partial charge in [0.15, 0.2) is 0 Å². The summed E-state index contributed by atoms with van der Waals surface area (Å²) in [6.45, 7) is 6.37.